The molecule has 1 aliphatic heterocycles. The lowest BCUT2D eigenvalue weighted by Gasteiger charge is -2.09. The topological polar surface area (TPSA) is 81.4 Å². The Balaban J connectivity index is 1.76. The van der Waals surface area contributed by atoms with E-state index < -0.39 is 5.91 Å². The molecule has 0 spiro atoms. The van der Waals surface area contributed by atoms with E-state index >= 15 is 0 Å². The second-order valence-electron chi connectivity index (χ2n) is 6.02. The molecule has 3 heterocycles. The molecule has 3 aromatic rings. The average molecular weight is 380 g/mol. The van der Waals surface area contributed by atoms with Gasteiger partial charge in [-0.25, -0.2) is 0 Å². The molecule has 0 saturated carbocycles. The minimum atomic E-state index is -0.411. The number of nitrogens with one attached hydrogen (secondary N) is 1. The van der Waals surface area contributed by atoms with Gasteiger partial charge in [0.05, 0.1) is 11.5 Å². The number of fused-ring (bicyclic) bond motifs is 1. The van der Waals surface area contributed by atoms with Crippen LogP contribution in [-0.4, -0.2) is 22.7 Å². The van der Waals surface area contributed by atoms with Crippen LogP contribution in [0, 0.1) is 6.92 Å². The summed E-state index contributed by atoms with van der Waals surface area (Å²) in [6.45, 7) is 4.56. The van der Waals surface area contributed by atoms with E-state index in [9.17, 15) is 9.59 Å². The van der Waals surface area contributed by atoms with Gasteiger partial charge in [0.2, 0.25) is 0 Å². The van der Waals surface area contributed by atoms with Gasteiger partial charge in [-0.1, -0.05) is 6.07 Å². The van der Waals surface area contributed by atoms with Crippen molar-refractivity contribution >= 4 is 40.0 Å². The maximum Gasteiger partial charge on any atom is 0.290 e. The zero-order valence-electron chi connectivity index (χ0n) is 14.7. The third-order valence-corrected chi connectivity index (χ3v) is 4.95. The van der Waals surface area contributed by atoms with E-state index in [1.165, 1.54) is 0 Å². The number of aromatic nitrogens is 1. The molecule has 0 aliphatic carbocycles. The van der Waals surface area contributed by atoms with Crippen LogP contribution in [-0.2, 0) is 4.79 Å². The quantitative estimate of drug-likeness (QED) is 0.670. The maximum absolute atomic E-state index is 11.7. The van der Waals surface area contributed by atoms with Crippen molar-refractivity contribution in [2.75, 3.05) is 6.61 Å². The highest BCUT2D eigenvalue weighted by molar-refractivity contribution is 8.18. The smallest absolute Gasteiger partial charge is 0.290 e. The van der Waals surface area contributed by atoms with Crippen molar-refractivity contribution in [1.29, 1.82) is 0 Å². The fraction of sp³-hybridized carbons (Fsp3) is 0.150. The second kappa shape index (κ2) is 6.92. The number of imide groups is 1. The van der Waals surface area contributed by atoms with E-state index in [4.69, 9.17) is 9.15 Å². The highest BCUT2D eigenvalue weighted by Gasteiger charge is 2.25. The number of pyridine rings is 1. The number of furan rings is 1. The number of benzene rings is 1. The highest BCUT2D eigenvalue weighted by Crippen LogP contribution is 2.34. The largest absolute Gasteiger partial charge is 0.494 e. The van der Waals surface area contributed by atoms with Crippen LogP contribution in [0.5, 0.6) is 5.75 Å². The summed E-state index contributed by atoms with van der Waals surface area (Å²) in [5, 5.41) is 2.67. The molecule has 27 heavy (non-hydrogen) atoms. The highest BCUT2D eigenvalue weighted by atomic mass is 32.2. The Hall–Kier alpha value is -3.06. The zero-order valence-corrected chi connectivity index (χ0v) is 15.6. The number of carbonyl (C=O) groups is 2. The molecule has 136 valence electrons. The number of hydrogen-bond acceptors (Lipinski definition) is 6. The summed E-state index contributed by atoms with van der Waals surface area (Å²) >= 11 is 0.859. The van der Waals surface area contributed by atoms with E-state index in [1.54, 1.807) is 24.5 Å². The van der Waals surface area contributed by atoms with E-state index in [0.29, 0.717) is 22.9 Å². The molecular weight excluding hydrogens is 364 g/mol. The van der Waals surface area contributed by atoms with E-state index in [-0.39, 0.29) is 5.24 Å². The summed E-state index contributed by atoms with van der Waals surface area (Å²) in [5.41, 5.74) is 3.52. The number of carbonyl (C=O) groups excluding carboxylic acids is 2. The molecule has 0 atom stereocenters. The number of nitrogens with zero attached hydrogens (tertiary/aromatic N) is 1. The molecule has 0 bridgehead atoms. The molecule has 6 nitrogen and oxygen atoms in total. The zero-order chi connectivity index (χ0) is 19.0. The van der Waals surface area contributed by atoms with E-state index in [2.05, 4.69) is 10.3 Å². The molecule has 0 radical (unpaired) electrons. The van der Waals surface area contributed by atoms with Gasteiger partial charge in [0.25, 0.3) is 11.1 Å². The molecule has 2 amide bonds. The van der Waals surface area contributed by atoms with Crippen LogP contribution in [0.3, 0.4) is 0 Å². The molecule has 1 aliphatic rings. The van der Waals surface area contributed by atoms with Gasteiger partial charge in [0.1, 0.15) is 17.1 Å². The van der Waals surface area contributed by atoms with Gasteiger partial charge in [0.15, 0.2) is 0 Å². The van der Waals surface area contributed by atoms with Crippen molar-refractivity contribution < 1.29 is 18.7 Å². The Bertz CT molecular complexity index is 1100. The summed E-state index contributed by atoms with van der Waals surface area (Å²) < 4.78 is 11.6. The predicted molar refractivity (Wildman–Crippen MR) is 104 cm³/mol. The van der Waals surface area contributed by atoms with Crippen molar-refractivity contribution in [3.63, 3.8) is 0 Å². The SMILES string of the molecule is CCOc1ccc(-c2cncc3cc(C=C4SC(=O)NC4=O)oc23)cc1C. The molecule has 7 heteroatoms. The number of rotatable bonds is 4. The van der Waals surface area contributed by atoms with Crippen molar-refractivity contribution in [1.82, 2.24) is 10.3 Å². The summed E-state index contributed by atoms with van der Waals surface area (Å²) in [6, 6.07) is 7.73. The summed E-state index contributed by atoms with van der Waals surface area (Å²) in [5.74, 6) is 0.931. The number of aryl methyl sites for hydroxylation is 1. The van der Waals surface area contributed by atoms with Gasteiger partial charge in [-0.2, -0.15) is 0 Å². The molecule has 0 unspecified atom stereocenters. The van der Waals surface area contributed by atoms with E-state index in [1.807, 2.05) is 32.0 Å². The van der Waals surface area contributed by atoms with Crippen molar-refractivity contribution in [2.45, 2.75) is 13.8 Å². The number of thioether (sulfide) groups is 1. The van der Waals surface area contributed by atoms with E-state index in [0.717, 1.165) is 39.6 Å². The Morgan fingerprint density at radius 3 is 2.81 bits per heavy atom. The first kappa shape index (κ1) is 17.4. The van der Waals surface area contributed by atoms with Gasteiger partial charge >= 0.3 is 0 Å². The summed E-state index contributed by atoms with van der Waals surface area (Å²) in [6.07, 6.45) is 5.02. The van der Waals surface area contributed by atoms with Crippen LogP contribution in [0.1, 0.15) is 18.2 Å². The minimum Gasteiger partial charge on any atom is -0.494 e. The Morgan fingerprint density at radius 2 is 2.11 bits per heavy atom. The molecule has 1 aromatic carbocycles. The molecule has 4 rings (SSSR count). The molecule has 2 aromatic heterocycles. The van der Waals surface area contributed by atoms with Gasteiger partial charge in [-0.05, 0) is 54.9 Å². The first-order valence-corrected chi connectivity index (χ1v) is 9.23. The van der Waals surface area contributed by atoms with Crippen LogP contribution >= 0.6 is 11.8 Å². The van der Waals surface area contributed by atoms with Crippen molar-refractivity contribution in [2.24, 2.45) is 0 Å². The van der Waals surface area contributed by atoms with Crippen LogP contribution in [0.2, 0.25) is 0 Å². The number of hydrogen-bond donors (Lipinski definition) is 1. The minimum absolute atomic E-state index is 0.311. The third-order valence-electron chi connectivity index (χ3n) is 4.14. The molecule has 1 saturated heterocycles. The Morgan fingerprint density at radius 1 is 1.26 bits per heavy atom. The molecule has 1 N–H and O–H groups in total. The van der Waals surface area contributed by atoms with Crippen LogP contribution in [0.15, 0.2) is 46.0 Å². The molecular formula is C20H16N2O4S. The van der Waals surface area contributed by atoms with Crippen LogP contribution < -0.4 is 10.1 Å². The first-order chi connectivity index (χ1) is 13.0. The Labute approximate surface area is 159 Å². The lowest BCUT2D eigenvalue weighted by Crippen LogP contribution is -2.17. The summed E-state index contributed by atoms with van der Waals surface area (Å²) in [4.78, 5) is 27.6. The fourth-order valence-electron chi connectivity index (χ4n) is 2.94. The molecule has 1 fully saturated rings. The predicted octanol–water partition coefficient (Wildman–Crippen LogP) is 4.53. The fourth-order valence-corrected chi connectivity index (χ4v) is 3.61. The monoisotopic (exact) mass is 380 g/mol. The lowest BCUT2D eigenvalue weighted by atomic mass is 10.0. The maximum atomic E-state index is 11.7. The Kier molecular flexibility index (Phi) is 4.45. The van der Waals surface area contributed by atoms with Gasteiger partial charge in [-0.3, -0.25) is 19.9 Å². The standard InChI is InChI=1S/C20H16N2O4S/c1-3-25-16-5-4-12(6-11(16)2)15-10-21-9-13-7-14(26-18(13)15)8-17-19(23)22-20(24)27-17/h4-10H,3H2,1-2H3,(H,22,23,24). The second-order valence-corrected chi connectivity index (χ2v) is 7.03. The van der Waals surface area contributed by atoms with Crippen LogP contribution in [0.25, 0.3) is 28.2 Å². The van der Waals surface area contributed by atoms with Gasteiger partial charge in [-0.15, -0.1) is 0 Å². The van der Waals surface area contributed by atoms with Gasteiger partial charge < -0.3 is 9.15 Å². The normalized spacial score (nSPS) is 15.6. The van der Waals surface area contributed by atoms with Crippen molar-refractivity contribution in [3.8, 4) is 16.9 Å². The van der Waals surface area contributed by atoms with Gasteiger partial charge in [0, 0.05) is 29.4 Å². The number of ether oxygens (including phenoxy) is 1. The number of amides is 2. The third kappa shape index (κ3) is 3.33. The van der Waals surface area contributed by atoms with Crippen molar-refractivity contribution in [3.05, 3.63) is 52.9 Å². The summed E-state index contributed by atoms with van der Waals surface area (Å²) in [7, 11) is 0. The lowest BCUT2D eigenvalue weighted by molar-refractivity contribution is -0.115. The average Bonchev–Trinajstić information content (AvgIpc) is 3.19. The first-order valence-electron chi connectivity index (χ1n) is 8.41. The van der Waals surface area contributed by atoms with Crippen LogP contribution in [0.4, 0.5) is 4.79 Å².